The molecule has 1 fully saturated rings. The molecule has 0 radical (unpaired) electrons. The monoisotopic (exact) mass is 368 g/mol. The van der Waals surface area contributed by atoms with E-state index in [2.05, 4.69) is 0 Å². The van der Waals surface area contributed by atoms with Gasteiger partial charge in [-0.2, -0.15) is 0 Å². The van der Waals surface area contributed by atoms with Crippen molar-refractivity contribution in [3.05, 3.63) is 53.6 Å². The van der Waals surface area contributed by atoms with Gasteiger partial charge in [0.2, 0.25) is 0 Å². The van der Waals surface area contributed by atoms with E-state index in [4.69, 9.17) is 20.6 Å². The molecule has 2 amide bonds. The number of amides is 2. The van der Waals surface area contributed by atoms with Crippen LogP contribution >= 0.6 is 0 Å². The van der Waals surface area contributed by atoms with Gasteiger partial charge in [0.15, 0.2) is 0 Å². The van der Waals surface area contributed by atoms with Gasteiger partial charge in [0.1, 0.15) is 11.6 Å². The van der Waals surface area contributed by atoms with E-state index in [1.54, 1.807) is 52.3 Å². The minimum absolute atomic E-state index is 0.0219. The van der Waals surface area contributed by atoms with Crippen molar-refractivity contribution in [3.8, 4) is 5.75 Å². The van der Waals surface area contributed by atoms with Gasteiger partial charge in [-0.3, -0.25) is 15.2 Å². The second-order valence-electron chi connectivity index (χ2n) is 5.92. The molecule has 27 heavy (non-hydrogen) atoms. The summed E-state index contributed by atoms with van der Waals surface area (Å²) < 4.78 is 10.1. The lowest BCUT2D eigenvalue weighted by Gasteiger charge is -2.21. The summed E-state index contributed by atoms with van der Waals surface area (Å²) in [6.07, 6.45) is 0. The Morgan fingerprint density at radius 3 is 2.26 bits per heavy atom. The lowest BCUT2D eigenvalue weighted by atomic mass is 10.1. The molecule has 2 aromatic rings. The summed E-state index contributed by atoms with van der Waals surface area (Å²) in [5, 5.41) is 7.45. The number of hydrogen-bond acceptors (Lipinski definition) is 5. The van der Waals surface area contributed by atoms with Crippen LogP contribution in [-0.4, -0.2) is 45.1 Å². The lowest BCUT2D eigenvalue weighted by molar-refractivity contribution is 0.0600. The highest BCUT2D eigenvalue weighted by atomic mass is 16.5. The van der Waals surface area contributed by atoms with E-state index in [0.29, 0.717) is 35.7 Å². The van der Waals surface area contributed by atoms with E-state index in [-0.39, 0.29) is 11.9 Å². The molecule has 1 heterocycles. The zero-order valence-electron chi connectivity index (χ0n) is 15.1. The van der Waals surface area contributed by atoms with Gasteiger partial charge in [0.05, 0.1) is 25.5 Å². The number of ether oxygens (including phenoxy) is 2. The molecule has 0 aliphatic carbocycles. The molecule has 0 atom stereocenters. The maximum Gasteiger partial charge on any atom is 0.337 e. The highest BCUT2D eigenvalue weighted by Gasteiger charge is 2.32. The van der Waals surface area contributed by atoms with Gasteiger partial charge in [-0.05, 0) is 42.5 Å². The fourth-order valence-corrected chi connectivity index (χ4v) is 2.97. The Balaban J connectivity index is 1.86. The fraction of sp³-hybridized carbons (Fsp3) is 0.211. The molecule has 0 bridgehead atoms. The summed E-state index contributed by atoms with van der Waals surface area (Å²) in [6, 6.07) is 11.6. The largest absolute Gasteiger partial charge is 0.495 e. The molecule has 0 spiro atoms. The third kappa shape index (κ3) is 3.41. The number of nitrogens with two attached hydrogens (primary N) is 1. The van der Waals surface area contributed by atoms with Crippen LogP contribution in [0.4, 0.5) is 16.2 Å². The first-order valence-electron chi connectivity index (χ1n) is 8.26. The van der Waals surface area contributed by atoms with Crippen molar-refractivity contribution in [2.75, 3.05) is 37.1 Å². The number of benzene rings is 2. The topological polar surface area (TPSA) is 109 Å². The summed E-state index contributed by atoms with van der Waals surface area (Å²) in [6.45, 7) is 0.974. The van der Waals surface area contributed by atoms with E-state index < -0.39 is 5.97 Å². The second-order valence-corrected chi connectivity index (χ2v) is 5.92. The number of methoxy groups -OCH3 is 2. The van der Waals surface area contributed by atoms with Crippen molar-refractivity contribution >= 4 is 29.2 Å². The van der Waals surface area contributed by atoms with Crippen molar-refractivity contribution in [1.82, 2.24) is 0 Å². The van der Waals surface area contributed by atoms with Crippen LogP contribution in [0.1, 0.15) is 15.9 Å². The number of hydrogen-bond donors (Lipinski definition) is 2. The number of esters is 1. The van der Waals surface area contributed by atoms with Crippen molar-refractivity contribution in [2.24, 2.45) is 5.73 Å². The molecule has 0 saturated carbocycles. The fourth-order valence-electron chi connectivity index (χ4n) is 2.97. The number of nitrogens with zero attached hydrogens (tertiary/aromatic N) is 2. The van der Waals surface area contributed by atoms with Gasteiger partial charge in [0.25, 0.3) is 0 Å². The van der Waals surface area contributed by atoms with Gasteiger partial charge in [0, 0.05) is 24.3 Å². The normalized spacial score (nSPS) is 13.6. The number of carbonyl (C=O) groups is 2. The van der Waals surface area contributed by atoms with E-state index in [1.807, 2.05) is 0 Å². The predicted octanol–water partition coefficient (Wildman–Crippen LogP) is 2.21. The van der Waals surface area contributed by atoms with Crippen LogP contribution in [0, 0.1) is 5.41 Å². The van der Waals surface area contributed by atoms with E-state index >= 15 is 0 Å². The van der Waals surface area contributed by atoms with E-state index in [1.165, 1.54) is 14.2 Å². The summed E-state index contributed by atoms with van der Waals surface area (Å²) in [4.78, 5) is 27.8. The first-order chi connectivity index (χ1) is 13.0. The number of nitrogen functional groups attached to an aromatic ring is 1. The van der Waals surface area contributed by atoms with Gasteiger partial charge in [-0.1, -0.05) is 0 Å². The Bertz CT molecular complexity index is 895. The summed E-state index contributed by atoms with van der Waals surface area (Å²) in [5.41, 5.74) is 7.72. The molecular weight excluding hydrogens is 348 g/mol. The molecule has 0 unspecified atom stereocenters. The molecule has 3 rings (SSSR count). The van der Waals surface area contributed by atoms with E-state index in [9.17, 15) is 9.59 Å². The molecule has 0 aromatic heterocycles. The van der Waals surface area contributed by atoms with Gasteiger partial charge in [-0.15, -0.1) is 0 Å². The molecule has 2 aromatic carbocycles. The van der Waals surface area contributed by atoms with Crippen molar-refractivity contribution in [1.29, 1.82) is 5.41 Å². The minimum Gasteiger partial charge on any atom is -0.495 e. The lowest BCUT2D eigenvalue weighted by Crippen LogP contribution is -2.32. The van der Waals surface area contributed by atoms with Crippen LogP contribution in [0.15, 0.2) is 42.5 Å². The maximum absolute atomic E-state index is 12.9. The third-order valence-electron chi connectivity index (χ3n) is 4.39. The van der Waals surface area contributed by atoms with Gasteiger partial charge in [-0.25, -0.2) is 9.59 Å². The molecule has 1 aliphatic heterocycles. The van der Waals surface area contributed by atoms with Gasteiger partial charge < -0.3 is 15.2 Å². The summed E-state index contributed by atoms with van der Waals surface area (Å²) >= 11 is 0. The third-order valence-corrected chi connectivity index (χ3v) is 4.39. The second kappa shape index (κ2) is 7.36. The Labute approximate surface area is 156 Å². The number of nitrogens with one attached hydrogen (secondary N) is 1. The number of rotatable bonds is 5. The minimum atomic E-state index is -0.472. The number of urea groups is 1. The average molecular weight is 368 g/mol. The Kier molecular flexibility index (Phi) is 4.98. The van der Waals surface area contributed by atoms with Crippen LogP contribution in [0.5, 0.6) is 5.75 Å². The maximum atomic E-state index is 12.9. The Morgan fingerprint density at radius 1 is 1.04 bits per heavy atom. The van der Waals surface area contributed by atoms with E-state index in [0.717, 1.165) is 5.69 Å². The Hall–Kier alpha value is -3.55. The van der Waals surface area contributed by atoms with Crippen molar-refractivity contribution in [3.63, 3.8) is 0 Å². The molecule has 8 heteroatoms. The van der Waals surface area contributed by atoms with Crippen LogP contribution in [0.3, 0.4) is 0 Å². The molecule has 1 aliphatic rings. The number of amidine groups is 1. The zero-order valence-corrected chi connectivity index (χ0v) is 15.1. The summed E-state index contributed by atoms with van der Waals surface area (Å²) in [5.74, 6) is -0.0776. The van der Waals surface area contributed by atoms with Gasteiger partial charge >= 0.3 is 12.0 Å². The van der Waals surface area contributed by atoms with Crippen molar-refractivity contribution < 1.29 is 19.1 Å². The highest BCUT2D eigenvalue weighted by Crippen LogP contribution is 2.33. The number of carbonyl (C=O) groups excluding carboxylic acids is 2. The molecule has 8 nitrogen and oxygen atoms in total. The highest BCUT2D eigenvalue weighted by molar-refractivity contribution is 6.07. The van der Waals surface area contributed by atoms with Crippen LogP contribution in [-0.2, 0) is 4.74 Å². The quantitative estimate of drug-likeness (QED) is 0.478. The van der Waals surface area contributed by atoms with Crippen LogP contribution in [0.2, 0.25) is 0 Å². The first-order valence-corrected chi connectivity index (χ1v) is 8.26. The molecule has 3 N–H and O–H groups in total. The smallest absolute Gasteiger partial charge is 0.337 e. The summed E-state index contributed by atoms with van der Waals surface area (Å²) in [7, 11) is 2.79. The SMILES string of the molecule is COC(=O)c1ccc(N2CCN(c3ccc(C(=N)N)cc3)C2=O)c(OC)c1. The first kappa shape index (κ1) is 18.2. The van der Waals surface area contributed by atoms with Crippen LogP contribution < -0.4 is 20.3 Å². The molecule has 1 saturated heterocycles. The molecular formula is C19H20N4O4. The predicted molar refractivity (Wildman–Crippen MR) is 102 cm³/mol. The zero-order chi connectivity index (χ0) is 19.6. The van der Waals surface area contributed by atoms with Crippen LogP contribution in [0.25, 0.3) is 0 Å². The standard InChI is InChI=1S/C19H20N4O4/c1-26-16-11-13(18(24)27-2)5-8-15(16)23-10-9-22(19(23)25)14-6-3-12(4-7-14)17(20)21/h3-8,11H,9-10H2,1-2H3,(H3,20,21). The number of anilines is 2. The Morgan fingerprint density at radius 2 is 1.67 bits per heavy atom. The van der Waals surface area contributed by atoms with Crippen molar-refractivity contribution in [2.45, 2.75) is 0 Å². The average Bonchev–Trinajstić information content (AvgIpc) is 3.08. The molecule has 140 valence electrons.